The van der Waals surface area contributed by atoms with Gasteiger partial charge in [-0.2, -0.15) is 5.26 Å². The van der Waals surface area contributed by atoms with Crippen LogP contribution in [0.5, 0.6) is 0 Å². The first-order valence-electron chi connectivity index (χ1n) is 8.31. The first kappa shape index (κ1) is 19.1. The van der Waals surface area contributed by atoms with Gasteiger partial charge >= 0.3 is 0 Å². The highest BCUT2D eigenvalue weighted by Gasteiger charge is 2.15. The van der Waals surface area contributed by atoms with Crippen LogP contribution in [0.25, 0.3) is 0 Å². The van der Waals surface area contributed by atoms with E-state index < -0.39 is 5.91 Å². The SMILES string of the molecule is Cc1ccc(NC(=O)c2ccc(C#N)cc2)c(C(=O)Nc2ccc(Cl)cn2)c1. The maximum Gasteiger partial charge on any atom is 0.258 e. The summed E-state index contributed by atoms with van der Waals surface area (Å²) in [4.78, 5) is 29.3. The molecule has 0 aliphatic heterocycles. The second kappa shape index (κ2) is 8.33. The van der Waals surface area contributed by atoms with Gasteiger partial charge in [0.25, 0.3) is 11.8 Å². The predicted molar refractivity (Wildman–Crippen MR) is 107 cm³/mol. The van der Waals surface area contributed by atoms with Crippen LogP contribution in [-0.4, -0.2) is 16.8 Å². The minimum absolute atomic E-state index is 0.304. The summed E-state index contributed by atoms with van der Waals surface area (Å²) in [6.07, 6.45) is 1.43. The lowest BCUT2D eigenvalue weighted by atomic mass is 10.1. The molecule has 0 fully saturated rings. The van der Waals surface area contributed by atoms with Crippen molar-refractivity contribution < 1.29 is 9.59 Å². The van der Waals surface area contributed by atoms with E-state index in [1.165, 1.54) is 6.20 Å². The zero-order chi connectivity index (χ0) is 20.1. The van der Waals surface area contributed by atoms with Crippen molar-refractivity contribution in [3.63, 3.8) is 0 Å². The smallest absolute Gasteiger partial charge is 0.258 e. The minimum Gasteiger partial charge on any atom is -0.321 e. The van der Waals surface area contributed by atoms with Crippen LogP contribution in [0.4, 0.5) is 11.5 Å². The largest absolute Gasteiger partial charge is 0.321 e. The van der Waals surface area contributed by atoms with Crippen LogP contribution in [-0.2, 0) is 0 Å². The molecule has 3 rings (SSSR count). The summed E-state index contributed by atoms with van der Waals surface area (Å²) in [5.41, 5.74) is 2.38. The number of rotatable bonds is 4. The number of benzene rings is 2. The molecule has 0 bridgehead atoms. The van der Waals surface area contributed by atoms with Gasteiger partial charge < -0.3 is 10.6 Å². The number of carbonyl (C=O) groups excluding carboxylic acids is 2. The summed E-state index contributed by atoms with van der Waals surface area (Å²) in [5, 5.41) is 14.7. The van der Waals surface area contributed by atoms with Crippen LogP contribution in [0.15, 0.2) is 60.8 Å². The third-order valence-corrected chi connectivity index (χ3v) is 4.14. The molecule has 1 heterocycles. The lowest BCUT2D eigenvalue weighted by Gasteiger charge is -2.12. The molecule has 0 saturated carbocycles. The number of amides is 2. The second-order valence-electron chi connectivity index (χ2n) is 6.01. The first-order valence-corrected chi connectivity index (χ1v) is 8.69. The number of hydrogen-bond donors (Lipinski definition) is 2. The molecule has 1 aromatic heterocycles. The highest BCUT2D eigenvalue weighted by molar-refractivity contribution is 6.30. The Labute approximate surface area is 166 Å². The van der Waals surface area contributed by atoms with E-state index in [2.05, 4.69) is 15.6 Å². The van der Waals surface area contributed by atoms with E-state index in [9.17, 15) is 9.59 Å². The molecule has 0 saturated heterocycles. The van der Waals surface area contributed by atoms with Gasteiger partial charge in [0.05, 0.1) is 27.9 Å². The third-order valence-electron chi connectivity index (χ3n) is 3.91. The van der Waals surface area contributed by atoms with Crippen molar-refractivity contribution in [1.29, 1.82) is 5.26 Å². The summed E-state index contributed by atoms with van der Waals surface area (Å²) in [7, 11) is 0. The first-order chi connectivity index (χ1) is 13.5. The van der Waals surface area contributed by atoms with Gasteiger partial charge in [0.2, 0.25) is 0 Å². The van der Waals surface area contributed by atoms with Crippen molar-refractivity contribution in [1.82, 2.24) is 4.98 Å². The zero-order valence-electron chi connectivity index (χ0n) is 14.9. The molecule has 7 heteroatoms. The normalized spacial score (nSPS) is 10.0. The van der Waals surface area contributed by atoms with Gasteiger partial charge in [0.15, 0.2) is 0 Å². The van der Waals surface area contributed by atoms with E-state index in [1.54, 1.807) is 54.6 Å². The Balaban J connectivity index is 1.83. The number of pyridine rings is 1. The van der Waals surface area contributed by atoms with E-state index in [0.717, 1.165) is 5.56 Å². The molecule has 0 radical (unpaired) electrons. The molecular weight excluding hydrogens is 376 g/mol. The molecule has 0 aliphatic rings. The van der Waals surface area contributed by atoms with Crippen LogP contribution in [0, 0.1) is 18.3 Å². The predicted octanol–water partition coefficient (Wildman–Crippen LogP) is 4.42. The van der Waals surface area contributed by atoms with Gasteiger partial charge in [-0.3, -0.25) is 9.59 Å². The van der Waals surface area contributed by atoms with Gasteiger partial charge in [-0.1, -0.05) is 23.2 Å². The Morgan fingerprint density at radius 2 is 1.75 bits per heavy atom. The Morgan fingerprint density at radius 1 is 1.00 bits per heavy atom. The molecule has 6 nitrogen and oxygen atoms in total. The topological polar surface area (TPSA) is 94.9 Å². The summed E-state index contributed by atoms with van der Waals surface area (Å²) in [6.45, 7) is 1.85. The second-order valence-corrected chi connectivity index (χ2v) is 6.44. The number of aromatic nitrogens is 1. The molecule has 2 aromatic carbocycles. The summed E-state index contributed by atoms with van der Waals surface area (Å²) in [5.74, 6) is -0.444. The zero-order valence-corrected chi connectivity index (χ0v) is 15.6. The van der Waals surface area contributed by atoms with Gasteiger partial charge in [-0.15, -0.1) is 0 Å². The number of nitrogens with one attached hydrogen (secondary N) is 2. The molecule has 28 heavy (non-hydrogen) atoms. The summed E-state index contributed by atoms with van der Waals surface area (Å²) < 4.78 is 0. The van der Waals surface area contributed by atoms with Crippen LogP contribution in [0.3, 0.4) is 0 Å². The average molecular weight is 391 g/mol. The molecule has 2 N–H and O–H groups in total. The maximum absolute atomic E-state index is 12.7. The number of nitriles is 1. The Kier molecular flexibility index (Phi) is 5.68. The Bertz CT molecular complexity index is 1070. The molecular formula is C21H15ClN4O2. The van der Waals surface area contributed by atoms with Crippen molar-refractivity contribution >= 4 is 34.9 Å². The maximum atomic E-state index is 12.7. The van der Waals surface area contributed by atoms with E-state index in [1.807, 2.05) is 13.0 Å². The van der Waals surface area contributed by atoms with E-state index in [-0.39, 0.29) is 5.91 Å². The molecule has 0 aliphatic carbocycles. The van der Waals surface area contributed by atoms with Crippen molar-refractivity contribution in [2.75, 3.05) is 10.6 Å². The molecule has 138 valence electrons. The van der Waals surface area contributed by atoms with Gasteiger partial charge in [0, 0.05) is 11.8 Å². The summed E-state index contributed by atoms with van der Waals surface area (Å²) in [6, 6.07) is 16.6. The Morgan fingerprint density at radius 3 is 2.39 bits per heavy atom. The van der Waals surface area contributed by atoms with Crippen molar-refractivity contribution in [3.05, 3.63) is 88.1 Å². The van der Waals surface area contributed by atoms with E-state index >= 15 is 0 Å². The molecule has 0 atom stereocenters. The molecule has 3 aromatic rings. The van der Waals surface area contributed by atoms with Crippen LogP contribution in [0.2, 0.25) is 5.02 Å². The number of halogens is 1. The van der Waals surface area contributed by atoms with E-state index in [4.69, 9.17) is 16.9 Å². The fourth-order valence-corrected chi connectivity index (χ4v) is 2.59. The number of hydrogen-bond acceptors (Lipinski definition) is 4. The highest BCUT2D eigenvalue weighted by Crippen LogP contribution is 2.20. The standard InChI is InChI=1S/C21H15ClN4O2/c1-13-2-8-18(25-20(27)15-5-3-14(11-23)4-6-15)17(10-13)21(28)26-19-9-7-16(22)12-24-19/h2-10,12H,1H3,(H,25,27)(H,24,26,28). The minimum atomic E-state index is -0.409. The lowest BCUT2D eigenvalue weighted by Crippen LogP contribution is -2.19. The number of nitrogens with zero attached hydrogens (tertiary/aromatic N) is 2. The highest BCUT2D eigenvalue weighted by atomic mass is 35.5. The fourth-order valence-electron chi connectivity index (χ4n) is 2.48. The monoisotopic (exact) mass is 390 g/mol. The van der Waals surface area contributed by atoms with Crippen LogP contribution >= 0.6 is 11.6 Å². The molecule has 0 unspecified atom stereocenters. The van der Waals surface area contributed by atoms with Crippen molar-refractivity contribution in [3.8, 4) is 6.07 Å². The number of carbonyl (C=O) groups is 2. The summed E-state index contributed by atoms with van der Waals surface area (Å²) >= 11 is 5.81. The van der Waals surface area contributed by atoms with Gasteiger partial charge in [0.1, 0.15) is 5.82 Å². The van der Waals surface area contributed by atoms with Crippen LogP contribution < -0.4 is 10.6 Å². The lowest BCUT2D eigenvalue weighted by molar-refractivity contribution is 0.102. The van der Waals surface area contributed by atoms with Crippen LogP contribution in [0.1, 0.15) is 31.8 Å². The number of aryl methyl sites for hydroxylation is 1. The molecule has 2 amide bonds. The van der Waals surface area contributed by atoms with E-state index in [0.29, 0.717) is 33.2 Å². The fraction of sp³-hybridized carbons (Fsp3) is 0.0476. The van der Waals surface area contributed by atoms with Crippen molar-refractivity contribution in [2.45, 2.75) is 6.92 Å². The van der Waals surface area contributed by atoms with Crippen molar-refractivity contribution in [2.24, 2.45) is 0 Å². The Hall–Kier alpha value is -3.69. The number of anilines is 2. The van der Waals surface area contributed by atoms with Gasteiger partial charge in [-0.05, 0) is 55.5 Å². The quantitative estimate of drug-likeness (QED) is 0.689. The van der Waals surface area contributed by atoms with Gasteiger partial charge in [-0.25, -0.2) is 4.98 Å². The average Bonchev–Trinajstić information content (AvgIpc) is 2.71. The third kappa shape index (κ3) is 4.53. The molecule has 0 spiro atoms.